The lowest BCUT2D eigenvalue weighted by molar-refractivity contribution is -0.163. The maximum absolute atomic E-state index is 12.8. The van der Waals surface area contributed by atoms with Gasteiger partial charge in [0, 0.05) is 6.61 Å². The Morgan fingerprint density at radius 3 is 2.06 bits per heavy atom. The normalized spacial score (nSPS) is 10.8. The summed E-state index contributed by atoms with van der Waals surface area (Å²) >= 11 is 0. The molecule has 0 atom stereocenters. The van der Waals surface area contributed by atoms with Gasteiger partial charge in [0.25, 0.3) is 0 Å². The Morgan fingerprint density at radius 2 is 1.67 bits per heavy atom. The van der Waals surface area contributed by atoms with E-state index in [1.165, 1.54) is 6.07 Å². The van der Waals surface area contributed by atoms with Crippen molar-refractivity contribution in [3.8, 4) is 0 Å². The Morgan fingerprint density at radius 1 is 1.11 bits per heavy atom. The molecular formula is C14H23FO3. The monoisotopic (exact) mass is 258 g/mol. The molecule has 0 heterocycles. The Labute approximate surface area is 108 Å². The smallest absolute Gasteiger partial charge is 0.161 e. The van der Waals surface area contributed by atoms with Gasteiger partial charge in [0.05, 0.1) is 0 Å². The van der Waals surface area contributed by atoms with Gasteiger partial charge in [0.1, 0.15) is 5.82 Å². The first-order valence-corrected chi connectivity index (χ1v) is 6.25. The maximum atomic E-state index is 12.8. The Hall–Kier alpha value is -0.970. The minimum atomic E-state index is -1.42. The van der Waals surface area contributed by atoms with Gasteiger partial charge < -0.3 is 15.3 Å². The van der Waals surface area contributed by atoms with Crippen LogP contribution in [0, 0.1) is 5.82 Å². The molecule has 0 aromatic heterocycles. The molecule has 4 heteroatoms. The summed E-state index contributed by atoms with van der Waals surface area (Å²) in [5.74, 6) is -1.60. The highest BCUT2D eigenvalue weighted by Gasteiger charge is 2.15. The van der Waals surface area contributed by atoms with E-state index in [0.717, 1.165) is 0 Å². The molecule has 0 radical (unpaired) electrons. The molecule has 0 unspecified atom stereocenters. The Kier molecular flexibility index (Phi) is 8.54. The van der Waals surface area contributed by atoms with Gasteiger partial charge in [0.15, 0.2) is 5.79 Å². The van der Waals surface area contributed by atoms with Gasteiger partial charge in [-0.2, -0.15) is 0 Å². The van der Waals surface area contributed by atoms with Gasteiger partial charge >= 0.3 is 0 Å². The molecule has 104 valence electrons. The van der Waals surface area contributed by atoms with Crippen molar-refractivity contribution in [1.29, 1.82) is 0 Å². The summed E-state index contributed by atoms with van der Waals surface area (Å²) in [7, 11) is 0. The van der Waals surface area contributed by atoms with Crippen molar-refractivity contribution >= 4 is 0 Å². The third-order valence-corrected chi connectivity index (χ3v) is 2.69. The SMILES string of the molecule is CCC(O)(O)CC.OCCCc1ccccc1F. The maximum Gasteiger partial charge on any atom is 0.161 e. The molecule has 0 bridgehead atoms. The van der Waals surface area contributed by atoms with Crippen molar-refractivity contribution in [1.82, 2.24) is 0 Å². The first kappa shape index (κ1) is 17.0. The zero-order valence-corrected chi connectivity index (χ0v) is 11.1. The van der Waals surface area contributed by atoms with Crippen LogP contribution in [0.4, 0.5) is 4.39 Å². The number of halogens is 1. The van der Waals surface area contributed by atoms with E-state index in [0.29, 0.717) is 31.2 Å². The van der Waals surface area contributed by atoms with Crippen molar-refractivity contribution < 1.29 is 19.7 Å². The van der Waals surface area contributed by atoms with Crippen molar-refractivity contribution in [3.63, 3.8) is 0 Å². The second kappa shape index (κ2) is 9.03. The number of benzene rings is 1. The lowest BCUT2D eigenvalue weighted by Crippen LogP contribution is -2.24. The van der Waals surface area contributed by atoms with E-state index in [1.807, 2.05) is 0 Å². The fourth-order valence-corrected chi connectivity index (χ4v) is 1.22. The van der Waals surface area contributed by atoms with Crippen LogP contribution in [0.1, 0.15) is 38.7 Å². The van der Waals surface area contributed by atoms with Crippen LogP contribution >= 0.6 is 0 Å². The molecule has 0 aliphatic rings. The number of aryl methyl sites for hydroxylation is 1. The van der Waals surface area contributed by atoms with Crippen LogP contribution in [0.3, 0.4) is 0 Å². The van der Waals surface area contributed by atoms with Gasteiger partial charge in [-0.3, -0.25) is 0 Å². The minimum Gasteiger partial charge on any atom is -0.396 e. The standard InChI is InChI=1S/C9H11FO.C5H12O2/c10-9-6-2-1-4-8(9)5-3-7-11;1-3-5(6,7)4-2/h1-2,4,6,11H,3,5,7H2;6-7H,3-4H2,1-2H3. The molecule has 0 aliphatic carbocycles. The number of rotatable bonds is 5. The van der Waals surface area contributed by atoms with Crippen LogP contribution in [0.5, 0.6) is 0 Å². The minimum absolute atomic E-state index is 0.119. The number of aliphatic hydroxyl groups excluding tert-OH is 1. The quantitative estimate of drug-likeness (QED) is 0.710. The van der Waals surface area contributed by atoms with E-state index >= 15 is 0 Å². The van der Waals surface area contributed by atoms with E-state index in [9.17, 15) is 4.39 Å². The molecule has 1 aromatic carbocycles. The van der Waals surface area contributed by atoms with E-state index in [4.69, 9.17) is 15.3 Å². The number of aliphatic hydroxyl groups is 3. The van der Waals surface area contributed by atoms with E-state index in [-0.39, 0.29) is 12.4 Å². The lowest BCUT2D eigenvalue weighted by atomic mass is 10.1. The zero-order valence-electron chi connectivity index (χ0n) is 11.1. The third-order valence-electron chi connectivity index (χ3n) is 2.69. The summed E-state index contributed by atoms with van der Waals surface area (Å²) in [4.78, 5) is 0. The molecule has 3 N–H and O–H groups in total. The molecule has 0 spiro atoms. The van der Waals surface area contributed by atoms with Crippen molar-refractivity contribution in [3.05, 3.63) is 35.6 Å². The first-order chi connectivity index (χ1) is 8.46. The van der Waals surface area contributed by atoms with Gasteiger partial charge in [-0.15, -0.1) is 0 Å². The second-order valence-corrected chi connectivity index (χ2v) is 4.11. The predicted molar refractivity (Wildman–Crippen MR) is 69.6 cm³/mol. The van der Waals surface area contributed by atoms with Crippen LogP contribution in [0.25, 0.3) is 0 Å². The number of hydrogen-bond donors (Lipinski definition) is 3. The highest BCUT2D eigenvalue weighted by molar-refractivity contribution is 5.17. The highest BCUT2D eigenvalue weighted by atomic mass is 19.1. The molecule has 18 heavy (non-hydrogen) atoms. The molecule has 0 aliphatic heterocycles. The molecule has 0 saturated carbocycles. The van der Waals surface area contributed by atoms with E-state index in [1.54, 1.807) is 32.0 Å². The molecule has 0 saturated heterocycles. The van der Waals surface area contributed by atoms with Gasteiger partial charge in [-0.25, -0.2) is 4.39 Å². The van der Waals surface area contributed by atoms with E-state index in [2.05, 4.69) is 0 Å². The first-order valence-electron chi connectivity index (χ1n) is 6.25. The largest absolute Gasteiger partial charge is 0.396 e. The van der Waals surface area contributed by atoms with Crippen molar-refractivity contribution in [2.45, 2.75) is 45.3 Å². The molecular weight excluding hydrogens is 235 g/mol. The van der Waals surface area contributed by atoms with Crippen molar-refractivity contribution in [2.24, 2.45) is 0 Å². The Bertz CT molecular complexity index is 321. The average Bonchev–Trinajstić information content (AvgIpc) is 2.39. The fraction of sp³-hybridized carbons (Fsp3) is 0.571. The average molecular weight is 258 g/mol. The van der Waals surface area contributed by atoms with Crippen molar-refractivity contribution in [2.75, 3.05) is 6.61 Å². The third kappa shape index (κ3) is 7.37. The summed E-state index contributed by atoms with van der Waals surface area (Å²) in [6, 6.07) is 6.64. The Balaban J connectivity index is 0.000000360. The summed E-state index contributed by atoms with van der Waals surface area (Å²) in [6.07, 6.45) is 2.05. The molecule has 0 amide bonds. The van der Waals surface area contributed by atoms with Gasteiger partial charge in [-0.05, 0) is 37.3 Å². The topological polar surface area (TPSA) is 60.7 Å². The number of hydrogen-bond acceptors (Lipinski definition) is 3. The van der Waals surface area contributed by atoms with Gasteiger partial charge in [-0.1, -0.05) is 32.0 Å². The summed E-state index contributed by atoms with van der Waals surface area (Å²) < 4.78 is 12.8. The van der Waals surface area contributed by atoms with Crippen LogP contribution in [-0.4, -0.2) is 27.7 Å². The molecule has 1 rings (SSSR count). The molecule has 3 nitrogen and oxygen atoms in total. The lowest BCUT2D eigenvalue weighted by Gasteiger charge is -2.15. The summed E-state index contributed by atoms with van der Waals surface area (Å²) in [5.41, 5.74) is 0.682. The fourth-order valence-electron chi connectivity index (χ4n) is 1.22. The van der Waals surface area contributed by atoms with E-state index < -0.39 is 5.79 Å². The second-order valence-electron chi connectivity index (χ2n) is 4.11. The summed E-state index contributed by atoms with van der Waals surface area (Å²) in [5, 5.41) is 25.9. The molecule has 1 aromatic rings. The molecule has 0 fully saturated rings. The van der Waals surface area contributed by atoms with Crippen LogP contribution in [0.2, 0.25) is 0 Å². The predicted octanol–water partition coefficient (Wildman–Crippen LogP) is 2.24. The van der Waals surface area contributed by atoms with Crippen LogP contribution in [0.15, 0.2) is 24.3 Å². The van der Waals surface area contributed by atoms with Gasteiger partial charge in [0.2, 0.25) is 0 Å². The zero-order chi connectivity index (χ0) is 14.0. The van der Waals surface area contributed by atoms with Crippen LogP contribution < -0.4 is 0 Å². The highest BCUT2D eigenvalue weighted by Crippen LogP contribution is 2.08. The summed E-state index contributed by atoms with van der Waals surface area (Å²) in [6.45, 7) is 3.60. The van der Waals surface area contributed by atoms with Crippen LogP contribution in [-0.2, 0) is 6.42 Å².